The van der Waals surface area contributed by atoms with Crippen molar-refractivity contribution in [3.8, 4) is 6.07 Å². The van der Waals surface area contributed by atoms with Crippen LogP contribution in [0.4, 0.5) is 0 Å². The Kier molecular flexibility index (Phi) is 5.34. The van der Waals surface area contributed by atoms with Crippen LogP contribution in [0.3, 0.4) is 0 Å². The first-order valence-electron chi connectivity index (χ1n) is 6.06. The summed E-state index contributed by atoms with van der Waals surface area (Å²) in [6, 6.07) is 10.7. The highest BCUT2D eigenvalue weighted by Crippen LogP contribution is 2.14. The van der Waals surface area contributed by atoms with Crippen molar-refractivity contribution in [2.45, 2.75) is 32.4 Å². The van der Waals surface area contributed by atoms with Gasteiger partial charge in [-0.3, -0.25) is 4.79 Å². The zero-order valence-corrected chi connectivity index (χ0v) is 10.8. The third-order valence-electron chi connectivity index (χ3n) is 2.80. The summed E-state index contributed by atoms with van der Waals surface area (Å²) in [5.41, 5.74) is 6.77. The summed E-state index contributed by atoms with van der Waals surface area (Å²) in [4.78, 5) is 13.9. The quantitative estimate of drug-likeness (QED) is 0.860. The monoisotopic (exact) mass is 245 g/mol. The molecule has 1 unspecified atom stereocenters. The molecule has 0 fully saturated rings. The average molecular weight is 245 g/mol. The highest BCUT2D eigenvalue weighted by molar-refractivity contribution is 5.83. The van der Waals surface area contributed by atoms with Gasteiger partial charge in [0.15, 0.2) is 0 Å². The number of nitrogens with two attached hydrogens (primary N) is 1. The third-order valence-corrected chi connectivity index (χ3v) is 2.80. The largest absolute Gasteiger partial charge is 0.338 e. The Labute approximate surface area is 108 Å². The normalized spacial score (nSPS) is 11.9. The lowest BCUT2D eigenvalue weighted by atomic mass is 10.1. The van der Waals surface area contributed by atoms with Crippen LogP contribution in [0.25, 0.3) is 0 Å². The van der Waals surface area contributed by atoms with E-state index < -0.39 is 6.04 Å². The number of nitrogens with zero attached hydrogens (tertiary/aromatic N) is 2. The number of carbonyl (C=O) groups is 1. The number of amides is 1. The fourth-order valence-electron chi connectivity index (χ4n) is 1.77. The summed E-state index contributed by atoms with van der Waals surface area (Å²) >= 11 is 0. The van der Waals surface area contributed by atoms with Gasteiger partial charge in [0, 0.05) is 12.6 Å². The van der Waals surface area contributed by atoms with Crippen molar-refractivity contribution >= 4 is 5.91 Å². The highest BCUT2D eigenvalue weighted by Gasteiger charge is 2.23. The van der Waals surface area contributed by atoms with E-state index in [2.05, 4.69) is 6.07 Å². The molecule has 4 heteroatoms. The van der Waals surface area contributed by atoms with E-state index in [1.807, 2.05) is 44.2 Å². The molecule has 2 N–H and O–H groups in total. The summed E-state index contributed by atoms with van der Waals surface area (Å²) in [7, 11) is 0. The topological polar surface area (TPSA) is 70.1 Å². The van der Waals surface area contributed by atoms with Crippen LogP contribution in [-0.2, 0) is 4.79 Å². The molecule has 0 saturated heterocycles. The number of rotatable bonds is 5. The molecule has 1 amide bonds. The number of nitriles is 1. The molecule has 0 aliphatic rings. The molecule has 0 bridgehead atoms. The fourth-order valence-corrected chi connectivity index (χ4v) is 1.77. The number of benzene rings is 1. The second-order valence-corrected chi connectivity index (χ2v) is 4.42. The first-order chi connectivity index (χ1) is 8.57. The molecule has 1 rings (SSSR count). The van der Waals surface area contributed by atoms with Gasteiger partial charge >= 0.3 is 0 Å². The van der Waals surface area contributed by atoms with Crippen molar-refractivity contribution in [3.05, 3.63) is 35.9 Å². The van der Waals surface area contributed by atoms with Crippen LogP contribution in [0, 0.1) is 11.3 Å². The van der Waals surface area contributed by atoms with Crippen molar-refractivity contribution < 1.29 is 4.79 Å². The van der Waals surface area contributed by atoms with Crippen molar-refractivity contribution in [3.63, 3.8) is 0 Å². The Morgan fingerprint density at radius 1 is 1.39 bits per heavy atom. The molecule has 0 aliphatic carbocycles. The summed E-state index contributed by atoms with van der Waals surface area (Å²) in [6.45, 7) is 4.27. The van der Waals surface area contributed by atoms with Crippen LogP contribution >= 0.6 is 0 Å². The fraction of sp³-hybridized carbons (Fsp3) is 0.429. The number of carbonyl (C=O) groups excluding carboxylic acids is 1. The molecule has 0 spiro atoms. The minimum atomic E-state index is -0.660. The molecule has 0 radical (unpaired) electrons. The Hall–Kier alpha value is -1.86. The van der Waals surface area contributed by atoms with Gasteiger partial charge in [0.05, 0.1) is 12.5 Å². The predicted octanol–water partition coefficient (Wildman–Crippen LogP) is 1.84. The predicted molar refractivity (Wildman–Crippen MR) is 70.4 cm³/mol. The van der Waals surface area contributed by atoms with Crippen molar-refractivity contribution in [1.29, 1.82) is 5.26 Å². The maximum atomic E-state index is 12.3. The first-order valence-corrected chi connectivity index (χ1v) is 6.06. The first kappa shape index (κ1) is 14.2. The molecule has 0 saturated carbocycles. The molecule has 1 aromatic carbocycles. The molecule has 0 heterocycles. The highest BCUT2D eigenvalue weighted by atomic mass is 16.2. The van der Waals surface area contributed by atoms with E-state index in [1.54, 1.807) is 4.90 Å². The van der Waals surface area contributed by atoms with E-state index in [4.69, 9.17) is 11.0 Å². The molecule has 0 aromatic heterocycles. The molecular weight excluding hydrogens is 226 g/mol. The SMILES string of the molecule is CC(C)N(CCC#N)C(=O)C(N)c1ccccc1. The minimum Gasteiger partial charge on any atom is -0.338 e. The van der Waals surface area contributed by atoms with E-state index in [1.165, 1.54) is 0 Å². The Morgan fingerprint density at radius 3 is 2.50 bits per heavy atom. The van der Waals surface area contributed by atoms with Crippen molar-refractivity contribution in [2.24, 2.45) is 5.73 Å². The molecule has 4 nitrogen and oxygen atoms in total. The van der Waals surface area contributed by atoms with Gasteiger partial charge in [0.1, 0.15) is 6.04 Å². The maximum Gasteiger partial charge on any atom is 0.244 e. The Balaban J connectivity index is 2.80. The van der Waals surface area contributed by atoms with E-state index in [-0.39, 0.29) is 11.9 Å². The van der Waals surface area contributed by atoms with Crippen LogP contribution in [-0.4, -0.2) is 23.4 Å². The maximum absolute atomic E-state index is 12.3. The van der Waals surface area contributed by atoms with Crippen LogP contribution in [0.15, 0.2) is 30.3 Å². The number of hydrogen-bond donors (Lipinski definition) is 1. The molecule has 1 aromatic rings. The van der Waals surface area contributed by atoms with Crippen LogP contribution < -0.4 is 5.73 Å². The minimum absolute atomic E-state index is 0.0422. The van der Waals surface area contributed by atoms with Gasteiger partial charge in [-0.1, -0.05) is 30.3 Å². The van der Waals surface area contributed by atoms with E-state index >= 15 is 0 Å². The molecule has 0 aliphatic heterocycles. The standard InChI is InChI=1S/C14H19N3O/c1-11(2)17(10-6-9-15)14(18)13(16)12-7-4-3-5-8-12/h3-5,7-8,11,13H,6,10,16H2,1-2H3. The molecular formula is C14H19N3O. The second kappa shape index (κ2) is 6.77. The number of hydrogen-bond acceptors (Lipinski definition) is 3. The zero-order chi connectivity index (χ0) is 13.5. The van der Waals surface area contributed by atoms with Gasteiger partial charge < -0.3 is 10.6 Å². The lowest BCUT2D eigenvalue weighted by molar-refractivity contribution is -0.134. The Bertz CT molecular complexity index is 422. The molecule has 1 atom stereocenters. The van der Waals surface area contributed by atoms with Crippen LogP contribution in [0.5, 0.6) is 0 Å². The van der Waals surface area contributed by atoms with Gasteiger partial charge in [0.2, 0.25) is 5.91 Å². The summed E-state index contributed by atoms with van der Waals surface area (Å²) in [5.74, 6) is -0.133. The molecule has 18 heavy (non-hydrogen) atoms. The van der Waals surface area contributed by atoms with Gasteiger partial charge in [-0.15, -0.1) is 0 Å². The lowest BCUT2D eigenvalue weighted by Crippen LogP contribution is -2.43. The third kappa shape index (κ3) is 3.57. The van der Waals surface area contributed by atoms with Gasteiger partial charge in [-0.05, 0) is 19.4 Å². The van der Waals surface area contributed by atoms with Crippen LogP contribution in [0.2, 0.25) is 0 Å². The summed E-state index contributed by atoms with van der Waals surface area (Å²) < 4.78 is 0. The summed E-state index contributed by atoms with van der Waals surface area (Å²) in [6.07, 6.45) is 0.325. The van der Waals surface area contributed by atoms with E-state index in [0.29, 0.717) is 13.0 Å². The van der Waals surface area contributed by atoms with Gasteiger partial charge in [0.25, 0.3) is 0 Å². The van der Waals surface area contributed by atoms with Crippen LogP contribution in [0.1, 0.15) is 31.9 Å². The van der Waals surface area contributed by atoms with Crippen molar-refractivity contribution in [1.82, 2.24) is 4.90 Å². The van der Waals surface area contributed by atoms with Crippen molar-refractivity contribution in [2.75, 3.05) is 6.54 Å². The zero-order valence-electron chi connectivity index (χ0n) is 10.8. The van der Waals surface area contributed by atoms with Gasteiger partial charge in [-0.25, -0.2) is 0 Å². The van der Waals surface area contributed by atoms with Gasteiger partial charge in [-0.2, -0.15) is 5.26 Å². The lowest BCUT2D eigenvalue weighted by Gasteiger charge is -2.28. The second-order valence-electron chi connectivity index (χ2n) is 4.42. The van der Waals surface area contributed by atoms with E-state index in [0.717, 1.165) is 5.56 Å². The Morgan fingerprint density at radius 2 is 2.00 bits per heavy atom. The van der Waals surface area contributed by atoms with E-state index in [9.17, 15) is 4.79 Å². The smallest absolute Gasteiger partial charge is 0.244 e. The molecule has 96 valence electrons. The summed E-state index contributed by atoms with van der Waals surface area (Å²) in [5, 5.41) is 8.62. The average Bonchev–Trinajstić information content (AvgIpc) is 2.38.